The van der Waals surface area contributed by atoms with Crippen LogP contribution < -0.4 is 5.32 Å². The molecule has 3 atom stereocenters. The van der Waals surface area contributed by atoms with Crippen molar-refractivity contribution in [2.75, 3.05) is 26.7 Å². The first kappa shape index (κ1) is 13.1. The molecule has 2 aliphatic heterocycles. The Morgan fingerprint density at radius 3 is 2.79 bits per heavy atom. The minimum absolute atomic E-state index is 0.551. The maximum absolute atomic E-state index is 3.62. The van der Waals surface area contributed by atoms with E-state index >= 15 is 0 Å². The third-order valence-electron chi connectivity index (χ3n) is 5.40. The number of benzene rings is 1. The van der Waals surface area contributed by atoms with Gasteiger partial charge in [-0.3, -0.25) is 0 Å². The number of nitrogens with zero attached hydrogens (tertiary/aromatic N) is 1. The monoisotopic (exact) mass is 258 g/mol. The van der Waals surface area contributed by atoms with E-state index in [-0.39, 0.29) is 0 Å². The molecule has 0 aliphatic carbocycles. The first-order valence-electron chi connectivity index (χ1n) is 7.64. The largest absolute Gasteiger partial charge is 0.316 e. The quantitative estimate of drug-likeness (QED) is 0.877. The van der Waals surface area contributed by atoms with Gasteiger partial charge in [0.05, 0.1) is 0 Å². The van der Waals surface area contributed by atoms with Gasteiger partial charge in [-0.25, -0.2) is 0 Å². The number of nitrogens with one attached hydrogen (secondary N) is 1. The molecule has 2 heteroatoms. The Kier molecular flexibility index (Phi) is 3.64. The van der Waals surface area contributed by atoms with Crippen LogP contribution >= 0.6 is 0 Å². The molecule has 1 spiro atoms. The van der Waals surface area contributed by atoms with Crippen LogP contribution in [0.3, 0.4) is 0 Å². The minimum Gasteiger partial charge on any atom is -0.316 e. The van der Waals surface area contributed by atoms with Crippen LogP contribution in [0.1, 0.15) is 25.3 Å². The van der Waals surface area contributed by atoms with Crippen LogP contribution in [0.4, 0.5) is 0 Å². The second kappa shape index (κ2) is 5.26. The predicted molar refractivity (Wildman–Crippen MR) is 80.3 cm³/mol. The Morgan fingerprint density at radius 1 is 1.32 bits per heavy atom. The van der Waals surface area contributed by atoms with Crippen LogP contribution in [-0.4, -0.2) is 37.6 Å². The van der Waals surface area contributed by atoms with E-state index in [1.165, 1.54) is 44.5 Å². The number of likely N-dealkylation sites (tertiary alicyclic amines) is 1. The van der Waals surface area contributed by atoms with Gasteiger partial charge in [0.15, 0.2) is 0 Å². The standard InChI is InChI=1S/C17H26N2/c1-14-11-17(13-19(14)2)8-9-18-12-16(17)10-15-6-4-3-5-7-15/h3-7,14,16,18H,8-13H2,1-2H3. The normalized spacial score (nSPS) is 35.9. The minimum atomic E-state index is 0.551. The van der Waals surface area contributed by atoms with Crippen molar-refractivity contribution in [2.24, 2.45) is 11.3 Å². The first-order valence-corrected chi connectivity index (χ1v) is 7.64. The van der Waals surface area contributed by atoms with Crippen molar-refractivity contribution < 1.29 is 0 Å². The van der Waals surface area contributed by atoms with E-state index < -0.39 is 0 Å². The van der Waals surface area contributed by atoms with E-state index in [1.807, 2.05) is 0 Å². The van der Waals surface area contributed by atoms with E-state index in [0.717, 1.165) is 12.0 Å². The highest BCUT2D eigenvalue weighted by molar-refractivity contribution is 5.17. The zero-order valence-corrected chi connectivity index (χ0v) is 12.2. The van der Waals surface area contributed by atoms with E-state index in [9.17, 15) is 0 Å². The Morgan fingerprint density at radius 2 is 2.11 bits per heavy atom. The van der Waals surface area contributed by atoms with Gasteiger partial charge < -0.3 is 10.2 Å². The number of hydrogen-bond acceptors (Lipinski definition) is 2. The second-order valence-corrected chi connectivity index (χ2v) is 6.67. The molecule has 104 valence electrons. The van der Waals surface area contributed by atoms with Crippen molar-refractivity contribution in [3.8, 4) is 0 Å². The fourth-order valence-corrected chi connectivity index (χ4v) is 4.16. The van der Waals surface area contributed by atoms with Crippen LogP contribution in [0.15, 0.2) is 30.3 Å². The molecule has 1 aromatic carbocycles. The van der Waals surface area contributed by atoms with Gasteiger partial charge in [0.25, 0.3) is 0 Å². The Bertz CT molecular complexity index is 405. The number of piperidine rings is 1. The molecular weight excluding hydrogens is 232 g/mol. The molecule has 2 saturated heterocycles. The molecule has 0 bridgehead atoms. The topological polar surface area (TPSA) is 15.3 Å². The highest BCUT2D eigenvalue weighted by Crippen LogP contribution is 2.45. The molecule has 0 radical (unpaired) electrons. The van der Waals surface area contributed by atoms with Gasteiger partial charge in [-0.1, -0.05) is 30.3 Å². The van der Waals surface area contributed by atoms with Crippen LogP contribution in [0.2, 0.25) is 0 Å². The van der Waals surface area contributed by atoms with Gasteiger partial charge >= 0.3 is 0 Å². The molecule has 0 aromatic heterocycles. The maximum atomic E-state index is 3.62. The van der Waals surface area contributed by atoms with Crippen LogP contribution in [-0.2, 0) is 6.42 Å². The van der Waals surface area contributed by atoms with Gasteiger partial charge in [-0.15, -0.1) is 0 Å². The predicted octanol–water partition coefficient (Wildman–Crippen LogP) is 2.55. The average molecular weight is 258 g/mol. The summed E-state index contributed by atoms with van der Waals surface area (Å²) in [5.41, 5.74) is 2.05. The summed E-state index contributed by atoms with van der Waals surface area (Å²) in [6.07, 6.45) is 3.95. The summed E-state index contributed by atoms with van der Waals surface area (Å²) < 4.78 is 0. The zero-order valence-electron chi connectivity index (χ0n) is 12.2. The lowest BCUT2D eigenvalue weighted by Crippen LogP contribution is -2.47. The average Bonchev–Trinajstić information content (AvgIpc) is 2.70. The van der Waals surface area contributed by atoms with E-state index in [2.05, 4.69) is 54.5 Å². The molecular formula is C17H26N2. The first-order chi connectivity index (χ1) is 9.20. The van der Waals surface area contributed by atoms with Gasteiger partial charge in [0.1, 0.15) is 0 Å². The third-order valence-corrected chi connectivity index (χ3v) is 5.40. The Labute approximate surface area is 117 Å². The van der Waals surface area contributed by atoms with Crippen molar-refractivity contribution in [1.29, 1.82) is 0 Å². The van der Waals surface area contributed by atoms with Crippen LogP contribution in [0.25, 0.3) is 0 Å². The zero-order chi connectivity index (χ0) is 13.3. The summed E-state index contributed by atoms with van der Waals surface area (Å²) in [5, 5.41) is 3.62. The van der Waals surface area contributed by atoms with Gasteiger partial charge in [0, 0.05) is 12.6 Å². The van der Waals surface area contributed by atoms with Crippen molar-refractivity contribution >= 4 is 0 Å². The highest BCUT2D eigenvalue weighted by Gasteiger charge is 2.46. The molecule has 0 saturated carbocycles. The van der Waals surface area contributed by atoms with Crippen molar-refractivity contribution in [3.63, 3.8) is 0 Å². The molecule has 2 aliphatic rings. The number of hydrogen-bond donors (Lipinski definition) is 1. The maximum Gasteiger partial charge on any atom is 0.00700 e. The molecule has 1 N–H and O–H groups in total. The lowest BCUT2D eigenvalue weighted by molar-refractivity contribution is 0.117. The lowest BCUT2D eigenvalue weighted by Gasteiger charge is -2.42. The fraction of sp³-hybridized carbons (Fsp3) is 0.647. The summed E-state index contributed by atoms with van der Waals surface area (Å²) in [6, 6.07) is 11.8. The molecule has 19 heavy (non-hydrogen) atoms. The summed E-state index contributed by atoms with van der Waals surface area (Å²) >= 11 is 0. The van der Waals surface area contributed by atoms with Gasteiger partial charge in [0.2, 0.25) is 0 Å². The van der Waals surface area contributed by atoms with Gasteiger partial charge in [-0.05, 0) is 63.2 Å². The van der Waals surface area contributed by atoms with E-state index in [1.54, 1.807) is 0 Å². The second-order valence-electron chi connectivity index (χ2n) is 6.67. The SMILES string of the molecule is CC1CC2(CCNCC2Cc2ccccc2)CN1C. The van der Waals surface area contributed by atoms with Crippen molar-refractivity contribution in [3.05, 3.63) is 35.9 Å². The molecule has 0 amide bonds. The molecule has 1 aromatic rings. The van der Waals surface area contributed by atoms with Crippen LogP contribution in [0, 0.1) is 11.3 Å². The molecule has 2 fully saturated rings. The van der Waals surface area contributed by atoms with Crippen LogP contribution in [0.5, 0.6) is 0 Å². The molecule has 2 nitrogen and oxygen atoms in total. The summed E-state index contributed by atoms with van der Waals surface area (Å²) in [5.74, 6) is 0.788. The van der Waals surface area contributed by atoms with Gasteiger partial charge in [-0.2, -0.15) is 0 Å². The molecule has 2 heterocycles. The summed E-state index contributed by atoms with van der Waals surface area (Å²) in [7, 11) is 2.29. The Balaban J connectivity index is 1.78. The third kappa shape index (κ3) is 2.56. The van der Waals surface area contributed by atoms with Crippen molar-refractivity contribution in [2.45, 2.75) is 32.2 Å². The summed E-state index contributed by atoms with van der Waals surface area (Å²) in [6.45, 7) is 6.06. The number of rotatable bonds is 2. The molecule has 3 unspecified atom stereocenters. The Hall–Kier alpha value is -0.860. The highest BCUT2D eigenvalue weighted by atomic mass is 15.2. The summed E-state index contributed by atoms with van der Waals surface area (Å²) in [4.78, 5) is 2.56. The molecule has 3 rings (SSSR count). The van der Waals surface area contributed by atoms with E-state index in [0.29, 0.717) is 5.41 Å². The van der Waals surface area contributed by atoms with Crippen molar-refractivity contribution in [1.82, 2.24) is 10.2 Å². The fourth-order valence-electron chi connectivity index (χ4n) is 4.16. The lowest BCUT2D eigenvalue weighted by atomic mass is 9.67. The van der Waals surface area contributed by atoms with E-state index in [4.69, 9.17) is 0 Å². The smallest absolute Gasteiger partial charge is 0.00700 e.